The first kappa shape index (κ1) is 14.0. The largest absolute Gasteiger partial charge is 0.452 e. The quantitative estimate of drug-likeness (QED) is 0.597. The van der Waals surface area contributed by atoms with Crippen LogP contribution in [0, 0.1) is 3.57 Å². The Hall–Kier alpha value is -1.44. The summed E-state index contributed by atoms with van der Waals surface area (Å²) in [4.78, 5) is 35.8. The number of amides is 2. The molecule has 19 heavy (non-hydrogen) atoms. The minimum atomic E-state index is -0.559. The molecule has 0 atom stereocenters. The van der Waals surface area contributed by atoms with E-state index in [0.717, 1.165) is 8.47 Å². The monoisotopic (exact) mass is 373 g/mol. The number of nitrogens with zero attached hydrogens (tertiary/aromatic N) is 1. The predicted molar refractivity (Wildman–Crippen MR) is 75.4 cm³/mol. The highest BCUT2D eigenvalue weighted by Gasteiger charge is 2.27. The van der Waals surface area contributed by atoms with E-state index in [1.807, 2.05) is 0 Å². The van der Waals surface area contributed by atoms with Crippen molar-refractivity contribution in [3.8, 4) is 0 Å². The second-order valence-corrected chi connectivity index (χ2v) is 5.37. The first-order valence-electron chi connectivity index (χ1n) is 5.84. The minimum Gasteiger partial charge on any atom is -0.452 e. The molecule has 1 saturated heterocycles. The van der Waals surface area contributed by atoms with Gasteiger partial charge in [0, 0.05) is 16.5 Å². The summed E-state index contributed by atoms with van der Waals surface area (Å²) in [6.07, 6.45) is 1.06. The van der Waals surface area contributed by atoms with Gasteiger partial charge in [0.1, 0.15) is 0 Å². The Balaban J connectivity index is 1.88. The fraction of sp³-hybridized carbons (Fsp3) is 0.308. The summed E-state index contributed by atoms with van der Waals surface area (Å²) in [5.74, 6) is -1.21. The third-order valence-electron chi connectivity index (χ3n) is 2.78. The summed E-state index contributed by atoms with van der Waals surface area (Å²) in [7, 11) is 0. The molecule has 0 radical (unpaired) electrons. The van der Waals surface area contributed by atoms with Crippen LogP contribution >= 0.6 is 22.6 Å². The molecule has 1 fully saturated rings. The van der Waals surface area contributed by atoms with E-state index in [1.54, 1.807) is 24.3 Å². The average molecular weight is 373 g/mol. The van der Waals surface area contributed by atoms with Crippen LogP contribution < -0.4 is 0 Å². The standard InChI is InChI=1S/C13H12INO4/c14-10-5-3-9(4-6-10)13(18)19-8-12(17)15-7-1-2-11(15)16/h3-6H,1-2,7-8H2. The van der Waals surface area contributed by atoms with Crippen LogP contribution in [0.15, 0.2) is 24.3 Å². The summed E-state index contributed by atoms with van der Waals surface area (Å²) < 4.78 is 5.91. The average Bonchev–Trinajstić information content (AvgIpc) is 2.83. The lowest BCUT2D eigenvalue weighted by molar-refractivity contribution is -0.143. The van der Waals surface area contributed by atoms with Crippen molar-refractivity contribution >= 4 is 40.4 Å². The molecule has 1 heterocycles. The lowest BCUT2D eigenvalue weighted by Gasteiger charge is -2.13. The number of hydrogen-bond acceptors (Lipinski definition) is 4. The number of carbonyl (C=O) groups excluding carboxylic acids is 3. The molecule has 1 aromatic rings. The zero-order valence-electron chi connectivity index (χ0n) is 10.1. The smallest absolute Gasteiger partial charge is 0.338 e. The number of hydrogen-bond donors (Lipinski definition) is 0. The normalized spacial score (nSPS) is 14.6. The minimum absolute atomic E-state index is 0.199. The molecule has 2 amide bonds. The molecule has 1 aliphatic heterocycles. The van der Waals surface area contributed by atoms with E-state index in [0.29, 0.717) is 24.9 Å². The summed E-state index contributed by atoms with van der Waals surface area (Å²) in [6, 6.07) is 6.83. The van der Waals surface area contributed by atoms with Crippen LogP contribution in [0.2, 0.25) is 0 Å². The molecule has 0 spiro atoms. The lowest BCUT2D eigenvalue weighted by Crippen LogP contribution is -2.35. The zero-order chi connectivity index (χ0) is 13.8. The van der Waals surface area contributed by atoms with Crippen molar-refractivity contribution in [2.24, 2.45) is 0 Å². The first-order chi connectivity index (χ1) is 9.08. The highest BCUT2D eigenvalue weighted by Crippen LogP contribution is 2.11. The van der Waals surface area contributed by atoms with Gasteiger partial charge in [-0.1, -0.05) is 0 Å². The van der Waals surface area contributed by atoms with Crippen LogP contribution in [0.5, 0.6) is 0 Å². The molecule has 0 aliphatic carbocycles. The fourth-order valence-corrected chi connectivity index (χ4v) is 2.15. The number of ether oxygens (including phenoxy) is 1. The van der Waals surface area contributed by atoms with Gasteiger partial charge in [-0.25, -0.2) is 4.79 Å². The molecule has 0 bridgehead atoms. The van der Waals surface area contributed by atoms with Crippen molar-refractivity contribution in [3.63, 3.8) is 0 Å². The van der Waals surface area contributed by atoms with Crippen molar-refractivity contribution in [1.29, 1.82) is 0 Å². The van der Waals surface area contributed by atoms with Crippen LogP contribution in [0.1, 0.15) is 23.2 Å². The second kappa shape index (κ2) is 6.14. The Labute approximate surface area is 124 Å². The summed E-state index contributed by atoms with van der Waals surface area (Å²) in [5.41, 5.74) is 0.390. The van der Waals surface area contributed by atoms with Gasteiger partial charge in [-0.05, 0) is 53.3 Å². The molecule has 1 aliphatic rings. The van der Waals surface area contributed by atoms with Crippen LogP contribution in [-0.4, -0.2) is 35.8 Å². The van der Waals surface area contributed by atoms with E-state index < -0.39 is 18.5 Å². The van der Waals surface area contributed by atoms with Crippen molar-refractivity contribution < 1.29 is 19.1 Å². The van der Waals surface area contributed by atoms with E-state index in [-0.39, 0.29) is 5.91 Å². The number of rotatable bonds is 3. The van der Waals surface area contributed by atoms with Gasteiger partial charge in [0.2, 0.25) is 5.91 Å². The van der Waals surface area contributed by atoms with Crippen LogP contribution in [0.3, 0.4) is 0 Å². The number of likely N-dealkylation sites (tertiary alicyclic amines) is 1. The van der Waals surface area contributed by atoms with Crippen LogP contribution in [0.4, 0.5) is 0 Å². The summed E-state index contributed by atoms with van der Waals surface area (Å²) in [5, 5.41) is 0. The molecular weight excluding hydrogens is 361 g/mol. The van der Waals surface area contributed by atoms with Crippen LogP contribution in [-0.2, 0) is 14.3 Å². The molecule has 0 saturated carbocycles. The highest BCUT2D eigenvalue weighted by molar-refractivity contribution is 14.1. The van der Waals surface area contributed by atoms with Gasteiger partial charge in [0.25, 0.3) is 5.91 Å². The molecule has 100 valence electrons. The molecule has 1 aromatic carbocycles. The molecule has 5 nitrogen and oxygen atoms in total. The number of imide groups is 1. The maximum atomic E-state index is 11.7. The SMILES string of the molecule is O=C(OCC(=O)N1CCCC1=O)c1ccc(I)cc1. The maximum absolute atomic E-state index is 11.7. The molecule has 0 aromatic heterocycles. The van der Waals surface area contributed by atoms with E-state index in [2.05, 4.69) is 22.6 Å². The molecule has 6 heteroatoms. The number of benzene rings is 1. The van der Waals surface area contributed by atoms with Gasteiger partial charge in [-0.15, -0.1) is 0 Å². The third-order valence-corrected chi connectivity index (χ3v) is 3.50. The van der Waals surface area contributed by atoms with Gasteiger partial charge in [0.05, 0.1) is 5.56 Å². The zero-order valence-corrected chi connectivity index (χ0v) is 12.3. The van der Waals surface area contributed by atoms with Gasteiger partial charge in [-0.3, -0.25) is 14.5 Å². The number of halogens is 1. The van der Waals surface area contributed by atoms with Gasteiger partial charge >= 0.3 is 5.97 Å². The first-order valence-corrected chi connectivity index (χ1v) is 6.91. The lowest BCUT2D eigenvalue weighted by atomic mass is 10.2. The maximum Gasteiger partial charge on any atom is 0.338 e. The molecular formula is C13H12INO4. The Kier molecular flexibility index (Phi) is 4.52. The fourth-order valence-electron chi connectivity index (χ4n) is 1.79. The van der Waals surface area contributed by atoms with Crippen LogP contribution in [0.25, 0.3) is 0 Å². The number of carbonyl (C=O) groups is 3. The van der Waals surface area contributed by atoms with Gasteiger partial charge in [-0.2, -0.15) is 0 Å². The highest BCUT2D eigenvalue weighted by atomic mass is 127. The Bertz CT molecular complexity index is 512. The van der Waals surface area contributed by atoms with E-state index in [9.17, 15) is 14.4 Å². The summed E-state index contributed by atoms with van der Waals surface area (Å²) >= 11 is 2.13. The van der Waals surface area contributed by atoms with Crippen molar-refractivity contribution in [1.82, 2.24) is 4.90 Å². The molecule has 0 N–H and O–H groups in total. The van der Waals surface area contributed by atoms with E-state index in [4.69, 9.17) is 4.74 Å². The van der Waals surface area contributed by atoms with Crippen molar-refractivity contribution in [2.45, 2.75) is 12.8 Å². The molecule has 0 unspecified atom stereocenters. The Morgan fingerprint density at radius 2 is 1.95 bits per heavy atom. The van der Waals surface area contributed by atoms with Gasteiger partial charge < -0.3 is 4.74 Å². The Morgan fingerprint density at radius 3 is 2.53 bits per heavy atom. The van der Waals surface area contributed by atoms with E-state index in [1.165, 1.54) is 0 Å². The Morgan fingerprint density at radius 1 is 1.26 bits per heavy atom. The second-order valence-electron chi connectivity index (χ2n) is 4.13. The van der Waals surface area contributed by atoms with Crippen molar-refractivity contribution in [2.75, 3.05) is 13.2 Å². The number of esters is 1. The third kappa shape index (κ3) is 3.52. The predicted octanol–water partition coefficient (Wildman–Crippen LogP) is 1.60. The molecule has 2 rings (SSSR count). The summed E-state index contributed by atoms with van der Waals surface area (Å²) in [6.45, 7) is 0.0231. The van der Waals surface area contributed by atoms with Crippen molar-refractivity contribution in [3.05, 3.63) is 33.4 Å². The van der Waals surface area contributed by atoms with E-state index >= 15 is 0 Å². The topological polar surface area (TPSA) is 63.7 Å². The van der Waals surface area contributed by atoms with Gasteiger partial charge in [0.15, 0.2) is 6.61 Å².